The maximum Gasteiger partial charge on any atom is 1.00 e. The van der Waals surface area contributed by atoms with Gasteiger partial charge in [0, 0.05) is 12.3 Å². The van der Waals surface area contributed by atoms with Gasteiger partial charge in [0.25, 0.3) is 0 Å². The average Bonchev–Trinajstić information content (AvgIpc) is 2.91. The van der Waals surface area contributed by atoms with Crippen LogP contribution in [0.1, 0.15) is 77.6 Å². The van der Waals surface area contributed by atoms with Crippen molar-refractivity contribution in [1.29, 1.82) is 0 Å². The summed E-state index contributed by atoms with van der Waals surface area (Å²) in [5, 5.41) is 0. The van der Waals surface area contributed by atoms with E-state index in [2.05, 4.69) is 88.4 Å². The van der Waals surface area contributed by atoms with Gasteiger partial charge >= 0.3 is 71.1 Å². The van der Waals surface area contributed by atoms with Crippen molar-refractivity contribution in [3.8, 4) is 83.4 Å². The smallest absolute Gasteiger partial charge is 0.790 e. The number of phosphoric ester groups is 1. The van der Waals surface area contributed by atoms with Crippen molar-refractivity contribution in [2.75, 3.05) is 13.2 Å². The summed E-state index contributed by atoms with van der Waals surface area (Å²) in [6.07, 6.45) is 14.7. The first-order valence-electron chi connectivity index (χ1n) is 12.8. The molecule has 0 aliphatic heterocycles. The molecule has 0 aliphatic rings. The molecule has 0 saturated carbocycles. The number of hydrogen-bond acceptors (Lipinski definition) is 8. The van der Waals surface area contributed by atoms with Gasteiger partial charge in [-0.3, -0.25) is 4.79 Å². The molecular formula is C31H31Na2O8P. The number of terminal acetylenes is 1. The van der Waals surface area contributed by atoms with Crippen LogP contribution < -0.4 is 68.9 Å². The number of carbonyl (C=O) groups excluding carboxylic acids is 2. The van der Waals surface area contributed by atoms with Crippen LogP contribution in [-0.2, 0) is 28.2 Å². The maximum atomic E-state index is 12.1. The predicted molar refractivity (Wildman–Crippen MR) is 146 cm³/mol. The molecule has 0 rings (SSSR count). The van der Waals surface area contributed by atoms with E-state index in [1.54, 1.807) is 0 Å². The largest absolute Gasteiger partial charge is 1.00 e. The van der Waals surface area contributed by atoms with Crippen LogP contribution in [0.2, 0.25) is 0 Å². The quantitative estimate of drug-likeness (QED) is 0.0412. The molecule has 1 atom stereocenters. The Morgan fingerprint density at radius 1 is 0.714 bits per heavy atom. The van der Waals surface area contributed by atoms with Crippen LogP contribution in [-0.4, -0.2) is 31.3 Å². The molecule has 0 heterocycles. The minimum atomic E-state index is -5.32. The first-order valence-corrected chi connectivity index (χ1v) is 14.2. The summed E-state index contributed by atoms with van der Waals surface area (Å²) in [6, 6.07) is 0. The van der Waals surface area contributed by atoms with Crippen LogP contribution in [0, 0.1) is 83.4 Å². The van der Waals surface area contributed by atoms with Gasteiger partial charge in [0.05, 0.1) is 14.4 Å². The summed E-state index contributed by atoms with van der Waals surface area (Å²) in [4.78, 5) is 45.5. The Hall–Kier alpha value is -2.03. The van der Waals surface area contributed by atoms with Gasteiger partial charge < -0.3 is 28.3 Å². The molecule has 0 amide bonds. The number of ether oxygens (including phenoxy) is 2. The van der Waals surface area contributed by atoms with E-state index < -0.39 is 39.1 Å². The molecule has 0 spiro atoms. The Balaban J connectivity index is -0.00000760. The van der Waals surface area contributed by atoms with Gasteiger partial charge in [0.1, 0.15) is 6.61 Å². The fraction of sp³-hybridized carbons (Fsp3) is 0.484. The molecule has 0 unspecified atom stereocenters. The standard InChI is InChI=1S/C31H33O8P.2Na/c1-3-5-7-9-11-13-15-16-18-19-21-23-25-30(32)37-27-29(28-38-40(34,35)36)39-31(33)26-24-22-20-17-14-12-10-8-6-4-2;;/h1,29H,4,6,8,10,12,14,17,20,22,24,26-28H2,2H3,(H2,34,35,36);;/q;2*+1/p-2/t29-;;/m1../s1. The predicted octanol–water partition coefficient (Wildman–Crippen LogP) is -3.74. The number of phosphoric acid groups is 1. The fourth-order valence-corrected chi connectivity index (χ4v) is 3.25. The van der Waals surface area contributed by atoms with E-state index in [4.69, 9.17) is 15.9 Å². The molecule has 42 heavy (non-hydrogen) atoms. The summed E-state index contributed by atoms with van der Waals surface area (Å²) in [6.45, 7) is 0.836. The fourth-order valence-electron chi connectivity index (χ4n) is 2.90. The van der Waals surface area contributed by atoms with Crippen molar-refractivity contribution in [3.63, 3.8) is 0 Å². The van der Waals surface area contributed by atoms with Crippen LogP contribution >= 0.6 is 7.82 Å². The van der Waals surface area contributed by atoms with Gasteiger partial charge in [0.15, 0.2) is 6.10 Å². The van der Waals surface area contributed by atoms with Gasteiger partial charge in [-0.2, -0.15) is 0 Å². The van der Waals surface area contributed by atoms with E-state index in [-0.39, 0.29) is 65.5 Å². The van der Waals surface area contributed by atoms with Crippen LogP contribution in [0.5, 0.6) is 0 Å². The summed E-state index contributed by atoms with van der Waals surface area (Å²) in [7, 11) is -5.32. The van der Waals surface area contributed by atoms with E-state index >= 15 is 0 Å². The van der Waals surface area contributed by atoms with Gasteiger partial charge in [-0.25, -0.2) is 4.79 Å². The van der Waals surface area contributed by atoms with E-state index in [1.807, 2.05) is 0 Å². The van der Waals surface area contributed by atoms with Crippen LogP contribution in [0.15, 0.2) is 0 Å². The molecular weight excluding hydrogens is 577 g/mol. The third kappa shape index (κ3) is 34.2. The Bertz CT molecular complexity index is 1280. The average molecular weight is 609 g/mol. The zero-order chi connectivity index (χ0) is 29.7. The molecule has 0 fully saturated rings. The van der Waals surface area contributed by atoms with Crippen molar-refractivity contribution in [2.24, 2.45) is 0 Å². The molecule has 0 aromatic heterocycles. The van der Waals surface area contributed by atoms with Crippen LogP contribution in [0.3, 0.4) is 0 Å². The SMILES string of the molecule is C#CC#CC#CC#CC#CC#CC#CC(=O)OC[C@H](COP(=O)([O-])[O-])OC(=O)CCCCCCCCCCCC.[Na+].[Na+]. The Kier molecular flexibility index (Phi) is 33.7. The van der Waals surface area contributed by atoms with Crippen molar-refractivity contribution >= 4 is 19.8 Å². The Morgan fingerprint density at radius 2 is 1.17 bits per heavy atom. The third-order valence-corrected chi connectivity index (χ3v) is 5.18. The molecule has 210 valence electrons. The van der Waals surface area contributed by atoms with E-state index in [0.717, 1.165) is 19.3 Å². The zero-order valence-corrected chi connectivity index (χ0v) is 29.5. The second kappa shape index (κ2) is 31.9. The van der Waals surface area contributed by atoms with Gasteiger partial charge in [0.2, 0.25) is 0 Å². The number of hydrogen-bond donors (Lipinski definition) is 0. The third-order valence-electron chi connectivity index (χ3n) is 4.71. The monoisotopic (exact) mass is 608 g/mol. The molecule has 8 nitrogen and oxygen atoms in total. The molecule has 0 radical (unpaired) electrons. The normalized spacial score (nSPS) is 9.29. The Labute approximate surface area is 294 Å². The van der Waals surface area contributed by atoms with E-state index in [1.165, 1.54) is 38.5 Å². The molecule has 0 aromatic carbocycles. The van der Waals surface area contributed by atoms with E-state index in [9.17, 15) is 23.9 Å². The maximum absolute atomic E-state index is 12.1. The molecule has 11 heteroatoms. The first kappa shape index (κ1) is 44.4. The Morgan fingerprint density at radius 3 is 1.64 bits per heavy atom. The summed E-state index contributed by atoms with van der Waals surface area (Å²) < 4.78 is 24.9. The minimum Gasteiger partial charge on any atom is -0.790 e. The molecule has 0 aromatic rings. The summed E-state index contributed by atoms with van der Waals surface area (Å²) in [5.74, 6) is 28.4. The van der Waals surface area contributed by atoms with Crippen LogP contribution in [0.4, 0.5) is 0 Å². The number of carbonyl (C=O) groups is 2. The van der Waals surface area contributed by atoms with Crippen LogP contribution in [0.25, 0.3) is 0 Å². The molecule has 0 saturated heterocycles. The van der Waals surface area contributed by atoms with Crippen molar-refractivity contribution < 1.29 is 97.1 Å². The zero-order valence-electron chi connectivity index (χ0n) is 24.6. The van der Waals surface area contributed by atoms with Gasteiger partial charge in [-0.15, -0.1) is 6.42 Å². The summed E-state index contributed by atoms with van der Waals surface area (Å²) >= 11 is 0. The number of esters is 2. The molecule has 0 N–H and O–H groups in total. The van der Waals surface area contributed by atoms with Crippen molar-refractivity contribution in [3.05, 3.63) is 0 Å². The number of unbranched alkanes of at least 4 members (excludes halogenated alkanes) is 9. The number of rotatable bonds is 17. The second-order valence-electron chi connectivity index (χ2n) is 8.03. The van der Waals surface area contributed by atoms with Crippen molar-refractivity contribution in [1.82, 2.24) is 0 Å². The topological polar surface area (TPSA) is 125 Å². The molecule has 0 aliphatic carbocycles. The molecule has 0 bridgehead atoms. The van der Waals surface area contributed by atoms with Gasteiger partial charge in [-0.05, 0) is 77.5 Å². The second-order valence-corrected chi connectivity index (χ2v) is 9.18. The van der Waals surface area contributed by atoms with Gasteiger partial charge in [-0.1, -0.05) is 64.7 Å². The minimum absolute atomic E-state index is 0. The first-order chi connectivity index (χ1) is 19.3. The van der Waals surface area contributed by atoms with E-state index in [0.29, 0.717) is 6.42 Å². The van der Waals surface area contributed by atoms with Crippen molar-refractivity contribution in [2.45, 2.75) is 83.7 Å². The summed E-state index contributed by atoms with van der Waals surface area (Å²) in [5.41, 5.74) is 0.